The maximum atomic E-state index is 12.8. The van der Waals surface area contributed by atoms with Crippen LogP contribution in [-0.2, 0) is 4.74 Å². The fourth-order valence-electron chi connectivity index (χ4n) is 4.50. The zero-order chi connectivity index (χ0) is 26.7. The van der Waals surface area contributed by atoms with E-state index in [0.29, 0.717) is 48.1 Å². The van der Waals surface area contributed by atoms with Crippen molar-refractivity contribution >= 4 is 29.7 Å². The third kappa shape index (κ3) is 5.55. The van der Waals surface area contributed by atoms with Gasteiger partial charge in [-0.2, -0.15) is 0 Å². The standard InChI is InChI=1S/C28H31N3O6/c1-28(2,3)37-27(36)29(16-10-18-31-25(34)21-13-6-7-14-22(21)26(31)35)15-8-9-17-30-23(32)19-11-4-5-12-20(19)24(30)33/h4-7,11-14H,8-10,15-18H2,1-3H3. The van der Waals surface area contributed by atoms with Gasteiger partial charge in [0, 0.05) is 26.2 Å². The van der Waals surface area contributed by atoms with E-state index < -0.39 is 11.7 Å². The van der Waals surface area contributed by atoms with Crippen molar-refractivity contribution in [3.05, 3.63) is 70.8 Å². The minimum absolute atomic E-state index is 0.181. The summed E-state index contributed by atoms with van der Waals surface area (Å²) in [7, 11) is 0. The largest absolute Gasteiger partial charge is 0.444 e. The normalized spacial score (nSPS) is 14.8. The molecule has 0 aromatic heterocycles. The van der Waals surface area contributed by atoms with Gasteiger partial charge in [0.05, 0.1) is 22.3 Å². The molecule has 194 valence electrons. The van der Waals surface area contributed by atoms with Gasteiger partial charge in [-0.3, -0.25) is 29.0 Å². The van der Waals surface area contributed by atoms with Crippen LogP contribution in [-0.4, -0.2) is 76.2 Å². The van der Waals surface area contributed by atoms with Gasteiger partial charge in [0.25, 0.3) is 23.6 Å². The Balaban J connectivity index is 1.31. The highest BCUT2D eigenvalue weighted by Gasteiger charge is 2.36. The third-order valence-electron chi connectivity index (χ3n) is 6.28. The average molecular weight is 506 g/mol. The van der Waals surface area contributed by atoms with Crippen LogP contribution in [0.2, 0.25) is 0 Å². The number of ether oxygens (including phenoxy) is 1. The minimum atomic E-state index is -0.683. The Morgan fingerprint density at radius 3 is 1.46 bits per heavy atom. The maximum Gasteiger partial charge on any atom is 0.410 e. The number of hydrogen-bond acceptors (Lipinski definition) is 6. The third-order valence-corrected chi connectivity index (χ3v) is 6.28. The summed E-state index contributed by atoms with van der Waals surface area (Å²) in [6, 6.07) is 13.5. The lowest BCUT2D eigenvalue weighted by atomic mass is 10.1. The van der Waals surface area contributed by atoms with E-state index in [1.54, 1.807) is 74.2 Å². The number of carbonyl (C=O) groups excluding carboxylic acids is 5. The summed E-state index contributed by atoms with van der Waals surface area (Å²) >= 11 is 0. The van der Waals surface area contributed by atoms with Crippen LogP contribution < -0.4 is 0 Å². The lowest BCUT2D eigenvalue weighted by Crippen LogP contribution is -2.40. The van der Waals surface area contributed by atoms with Crippen LogP contribution in [0.25, 0.3) is 0 Å². The van der Waals surface area contributed by atoms with Gasteiger partial charge in [-0.25, -0.2) is 4.79 Å². The van der Waals surface area contributed by atoms with Crippen molar-refractivity contribution < 1.29 is 28.7 Å². The molecule has 9 nitrogen and oxygen atoms in total. The summed E-state index contributed by atoms with van der Waals surface area (Å²) in [6.07, 6.45) is 0.960. The Labute approximate surface area is 216 Å². The lowest BCUT2D eigenvalue weighted by molar-refractivity contribution is 0.0238. The molecule has 4 rings (SSSR count). The van der Waals surface area contributed by atoms with Crippen molar-refractivity contribution in [1.82, 2.24) is 14.7 Å². The number of benzene rings is 2. The number of hydrogen-bond donors (Lipinski definition) is 0. The van der Waals surface area contributed by atoms with Crippen LogP contribution in [0.1, 0.15) is 81.5 Å². The maximum absolute atomic E-state index is 12.8. The van der Waals surface area contributed by atoms with E-state index in [9.17, 15) is 24.0 Å². The lowest BCUT2D eigenvalue weighted by Gasteiger charge is -2.28. The van der Waals surface area contributed by atoms with Gasteiger partial charge in [-0.1, -0.05) is 24.3 Å². The molecule has 5 amide bonds. The second kappa shape index (κ2) is 10.5. The van der Waals surface area contributed by atoms with Crippen molar-refractivity contribution in [2.75, 3.05) is 26.2 Å². The SMILES string of the molecule is CC(C)(C)OC(=O)N(CCCCN1C(=O)c2ccccc2C1=O)CCCN1C(=O)c2ccccc2C1=O. The van der Waals surface area contributed by atoms with E-state index in [0.717, 1.165) is 0 Å². The number of unbranched alkanes of at least 4 members (excludes halogenated alkanes) is 1. The molecule has 0 atom stereocenters. The molecule has 37 heavy (non-hydrogen) atoms. The molecule has 0 saturated carbocycles. The molecule has 0 saturated heterocycles. The Kier molecular flexibility index (Phi) is 7.42. The fraction of sp³-hybridized carbons (Fsp3) is 0.393. The predicted molar refractivity (Wildman–Crippen MR) is 135 cm³/mol. The Morgan fingerprint density at radius 1 is 0.676 bits per heavy atom. The van der Waals surface area contributed by atoms with E-state index in [2.05, 4.69) is 0 Å². The first-order chi connectivity index (χ1) is 17.6. The van der Waals surface area contributed by atoms with Crippen LogP contribution in [0.15, 0.2) is 48.5 Å². The van der Waals surface area contributed by atoms with Crippen LogP contribution in [0.5, 0.6) is 0 Å². The van der Waals surface area contributed by atoms with Gasteiger partial charge in [-0.15, -0.1) is 0 Å². The van der Waals surface area contributed by atoms with Gasteiger partial charge in [0.1, 0.15) is 5.60 Å². The highest BCUT2D eigenvalue weighted by Crippen LogP contribution is 2.24. The summed E-state index contributed by atoms with van der Waals surface area (Å²) in [5, 5.41) is 0. The molecule has 0 bridgehead atoms. The van der Waals surface area contributed by atoms with E-state index in [-0.39, 0.29) is 43.3 Å². The van der Waals surface area contributed by atoms with Crippen molar-refractivity contribution in [2.45, 2.75) is 45.6 Å². The van der Waals surface area contributed by atoms with Crippen molar-refractivity contribution in [3.63, 3.8) is 0 Å². The molecule has 0 fully saturated rings. The van der Waals surface area contributed by atoms with Crippen molar-refractivity contribution in [1.29, 1.82) is 0 Å². The minimum Gasteiger partial charge on any atom is -0.444 e. The molecule has 2 heterocycles. The van der Waals surface area contributed by atoms with Gasteiger partial charge >= 0.3 is 6.09 Å². The smallest absolute Gasteiger partial charge is 0.410 e. The second-order valence-electron chi connectivity index (χ2n) is 10.1. The molecule has 0 N–H and O–H groups in total. The highest BCUT2D eigenvalue weighted by molar-refractivity contribution is 6.22. The van der Waals surface area contributed by atoms with Gasteiger partial charge < -0.3 is 9.64 Å². The number of fused-ring (bicyclic) bond motifs is 2. The van der Waals surface area contributed by atoms with Gasteiger partial charge in [0.2, 0.25) is 0 Å². The second-order valence-corrected chi connectivity index (χ2v) is 10.1. The first-order valence-electron chi connectivity index (χ1n) is 12.5. The molecular weight excluding hydrogens is 474 g/mol. The summed E-state index contributed by atoms with van der Waals surface area (Å²) < 4.78 is 5.54. The molecule has 9 heteroatoms. The zero-order valence-corrected chi connectivity index (χ0v) is 21.4. The Bertz CT molecular complexity index is 1180. The quantitative estimate of drug-likeness (QED) is 0.377. The number of carbonyl (C=O) groups is 5. The average Bonchev–Trinajstić information content (AvgIpc) is 3.24. The first kappa shape index (κ1) is 26.1. The zero-order valence-electron chi connectivity index (χ0n) is 21.4. The predicted octanol–water partition coefficient (Wildman–Crippen LogP) is 3.99. The van der Waals surface area contributed by atoms with Crippen molar-refractivity contribution in [3.8, 4) is 0 Å². The van der Waals surface area contributed by atoms with Gasteiger partial charge in [-0.05, 0) is 64.3 Å². The molecule has 0 unspecified atom stereocenters. The molecule has 2 aliphatic rings. The molecule has 2 aromatic carbocycles. The van der Waals surface area contributed by atoms with Gasteiger partial charge in [0.15, 0.2) is 0 Å². The van der Waals surface area contributed by atoms with Crippen LogP contribution in [0, 0.1) is 0 Å². The summed E-state index contributed by atoms with van der Waals surface area (Å²) in [5.74, 6) is -1.26. The van der Waals surface area contributed by atoms with Crippen LogP contribution >= 0.6 is 0 Å². The van der Waals surface area contributed by atoms with E-state index in [4.69, 9.17) is 4.74 Å². The number of rotatable bonds is 9. The molecular formula is C28H31N3O6. The Morgan fingerprint density at radius 2 is 1.05 bits per heavy atom. The van der Waals surface area contributed by atoms with E-state index >= 15 is 0 Å². The van der Waals surface area contributed by atoms with E-state index in [1.165, 1.54) is 9.80 Å². The van der Waals surface area contributed by atoms with E-state index in [1.807, 2.05) is 0 Å². The molecule has 2 aromatic rings. The van der Waals surface area contributed by atoms with Crippen molar-refractivity contribution in [2.24, 2.45) is 0 Å². The monoisotopic (exact) mass is 505 g/mol. The number of imide groups is 2. The first-order valence-corrected chi connectivity index (χ1v) is 12.5. The number of amides is 5. The summed E-state index contributed by atoms with van der Waals surface area (Å²) in [4.78, 5) is 67.2. The molecule has 0 radical (unpaired) electrons. The summed E-state index contributed by atoms with van der Waals surface area (Å²) in [6.45, 7) is 6.41. The topological polar surface area (TPSA) is 104 Å². The van der Waals surface area contributed by atoms with Crippen LogP contribution in [0.3, 0.4) is 0 Å². The summed E-state index contributed by atoms with van der Waals surface area (Å²) in [5.41, 5.74) is 0.930. The molecule has 2 aliphatic heterocycles. The fourth-order valence-corrected chi connectivity index (χ4v) is 4.50. The molecule has 0 aliphatic carbocycles. The Hall–Kier alpha value is -4.01. The molecule has 0 spiro atoms. The van der Waals surface area contributed by atoms with Crippen LogP contribution in [0.4, 0.5) is 4.79 Å². The highest BCUT2D eigenvalue weighted by atomic mass is 16.6. The number of nitrogens with zero attached hydrogens (tertiary/aromatic N) is 3.